The Kier molecular flexibility index (Phi) is 6.13. The minimum Gasteiger partial charge on any atom is -0.306 e. The molecular weight excluding hydrogens is 451 g/mol. The fourth-order valence-corrected chi connectivity index (χ4v) is 3.02. The molecule has 0 aliphatic heterocycles. The first kappa shape index (κ1) is 16.8. The number of hydrogen-bond donors (Lipinski definition) is 1. The minimum absolute atomic E-state index is 0.139. The third-order valence-corrected chi connectivity index (χ3v) is 4.41. The molecule has 0 amide bonds. The van der Waals surface area contributed by atoms with Crippen molar-refractivity contribution in [2.45, 2.75) is 19.4 Å². The van der Waals surface area contributed by atoms with Crippen LogP contribution in [0.3, 0.4) is 0 Å². The lowest BCUT2D eigenvalue weighted by molar-refractivity contribution is 0.533. The Labute approximate surface area is 145 Å². The molecule has 0 saturated carbocycles. The quantitative estimate of drug-likeness (QED) is 0.459. The molecule has 1 N–H and O–H groups in total. The van der Waals surface area contributed by atoms with Gasteiger partial charge in [-0.3, -0.25) is 0 Å². The zero-order valence-corrected chi connectivity index (χ0v) is 15.2. The van der Waals surface area contributed by atoms with Crippen LogP contribution in [0.15, 0.2) is 40.9 Å². The normalized spacial score (nSPS) is 12.4. The predicted molar refractivity (Wildman–Crippen MR) is 93.4 cm³/mol. The van der Waals surface area contributed by atoms with Crippen LogP contribution in [0.2, 0.25) is 0 Å². The van der Waals surface area contributed by atoms with Gasteiger partial charge in [-0.25, -0.2) is 8.78 Å². The van der Waals surface area contributed by atoms with Crippen LogP contribution in [0.1, 0.15) is 30.5 Å². The number of nitrogens with one attached hydrogen (secondary N) is 1. The van der Waals surface area contributed by atoms with E-state index in [2.05, 4.69) is 43.8 Å². The largest absolute Gasteiger partial charge is 0.306 e. The summed E-state index contributed by atoms with van der Waals surface area (Å²) in [4.78, 5) is 0. The molecule has 112 valence electrons. The van der Waals surface area contributed by atoms with Gasteiger partial charge in [0.25, 0.3) is 0 Å². The molecule has 2 rings (SSSR count). The highest BCUT2D eigenvalue weighted by molar-refractivity contribution is 14.1. The molecule has 0 aliphatic rings. The summed E-state index contributed by atoms with van der Waals surface area (Å²) in [5.74, 6) is -0.879. The lowest BCUT2D eigenvalue weighted by atomic mass is 9.98. The van der Waals surface area contributed by atoms with E-state index in [9.17, 15) is 8.78 Å². The summed E-state index contributed by atoms with van der Waals surface area (Å²) in [6.07, 6.45) is 0.918. The van der Waals surface area contributed by atoms with Gasteiger partial charge in [-0.1, -0.05) is 19.1 Å². The van der Waals surface area contributed by atoms with Crippen LogP contribution in [0, 0.1) is 15.2 Å². The van der Waals surface area contributed by atoms with E-state index < -0.39 is 11.6 Å². The maximum absolute atomic E-state index is 14.3. The zero-order chi connectivity index (χ0) is 15.4. The van der Waals surface area contributed by atoms with Crippen molar-refractivity contribution < 1.29 is 8.78 Å². The Morgan fingerprint density at radius 2 is 1.95 bits per heavy atom. The monoisotopic (exact) mass is 465 g/mol. The van der Waals surface area contributed by atoms with Crippen molar-refractivity contribution >= 4 is 38.5 Å². The summed E-state index contributed by atoms with van der Waals surface area (Å²) in [7, 11) is 0. The molecule has 2 aromatic carbocycles. The molecule has 0 heterocycles. The lowest BCUT2D eigenvalue weighted by Gasteiger charge is -2.21. The summed E-state index contributed by atoms with van der Waals surface area (Å²) in [6.45, 7) is 2.77. The van der Waals surface area contributed by atoms with E-state index in [4.69, 9.17) is 0 Å². The summed E-state index contributed by atoms with van der Waals surface area (Å²) in [5.41, 5.74) is 1.25. The number of rotatable bonds is 5. The minimum atomic E-state index is -0.458. The standard InChI is InChI=1S/C16H15BrF2IN/c1-2-6-21-16(10-4-3-5-11(20)7-10)12-8-15(19)13(17)9-14(12)18/h3-5,7-9,16,21H,2,6H2,1H3. The molecule has 1 unspecified atom stereocenters. The fourth-order valence-electron chi connectivity index (χ4n) is 2.14. The van der Waals surface area contributed by atoms with Gasteiger partial charge in [0.2, 0.25) is 0 Å². The van der Waals surface area contributed by atoms with Crippen molar-refractivity contribution in [3.8, 4) is 0 Å². The molecule has 5 heteroatoms. The Hall–Kier alpha value is -0.530. The van der Waals surface area contributed by atoms with Crippen LogP contribution in [-0.4, -0.2) is 6.54 Å². The highest BCUT2D eigenvalue weighted by Crippen LogP contribution is 2.29. The van der Waals surface area contributed by atoms with E-state index in [1.54, 1.807) is 0 Å². The summed E-state index contributed by atoms with van der Waals surface area (Å²) >= 11 is 5.23. The van der Waals surface area contributed by atoms with Crippen LogP contribution in [0.25, 0.3) is 0 Å². The molecule has 0 aliphatic carbocycles. The van der Waals surface area contributed by atoms with E-state index in [-0.39, 0.29) is 10.5 Å². The van der Waals surface area contributed by atoms with E-state index >= 15 is 0 Å². The molecule has 0 aromatic heterocycles. The maximum Gasteiger partial charge on any atom is 0.137 e. The van der Waals surface area contributed by atoms with E-state index in [1.165, 1.54) is 12.1 Å². The van der Waals surface area contributed by atoms with Gasteiger partial charge in [0.1, 0.15) is 11.6 Å². The fraction of sp³-hybridized carbons (Fsp3) is 0.250. The van der Waals surface area contributed by atoms with Crippen LogP contribution in [0.5, 0.6) is 0 Å². The molecule has 21 heavy (non-hydrogen) atoms. The van der Waals surface area contributed by atoms with Gasteiger partial charge in [-0.05, 0) is 81.3 Å². The van der Waals surface area contributed by atoms with Gasteiger partial charge in [0.05, 0.1) is 10.5 Å². The first-order chi connectivity index (χ1) is 10.0. The van der Waals surface area contributed by atoms with Crippen LogP contribution < -0.4 is 5.32 Å². The van der Waals surface area contributed by atoms with Crippen LogP contribution in [0.4, 0.5) is 8.78 Å². The van der Waals surface area contributed by atoms with Crippen LogP contribution >= 0.6 is 38.5 Å². The Bertz CT molecular complexity index is 634. The Morgan fingerprint density at radius 1 is 1.19 bits per heavy atom. The van der Waals surface area contributed by atoms with Gasteiger partial charge >= 0.3 is 0 Å². The zero-order valence-electron chi connectivity index (χ0n) is 11.5. The topological polar surface area (TPSA) is 12.0 Å². The second-order valence-corrected chi connectivity index (χ2v) is 6.83. The van der Waals surface area contributed by atoms with Crippen molar-refractivity contribution in [1.29, 1.82) is 0 Å². The molecule has 0 bridgehead atoms. The van der Waals surface area contributed by atoms with Crippen LogP contribution in [-0.2, 0) is 0 Å². The van der Waals surface area contributed by atoms with Crippen molar-refractivity contribution in [2.24, 2.45) is 0 Å². The second kappa shape index (κ2) is 7.65. The van der Waals surface area contributed by atoms with Gasteiger partial charge in [0, 0.05) is 9.13 Å². The van der Waals surface area contributed by atoms with E-state index in [0.717, 1.165) is 22.1 Å². The second-order valence-electron chi connectivity index (χ2n) is 4.73. The Morgan fingerprint density at radius 3 is 2.62 bits per heavy atom. The third-order valence-electron chi connectivity index (χ3n) is 3.13. The average Bonchev–Trinajstić information content (AvgIpc) is 2.44. The summed E-state index contributed by atoms with van der Waals surface area (Å²) < 4.78 is 29.3. The highest BCUT2D eigenvalue weighted by atomic mass is 127. The highest BCUT2D eigenvalue weighted by Gasteiger charge is 2.19. The van der Waals surface area contributed by atoms with Gasteiger partial charge in [-0.2, -0.15) is 0 Å². The molecule has 1 atom stereocenters. The summed E-state index contributed by atoms with van der Waals surface area (Å²) in [6, 6.07) is 9.88. The number of halogens is 4. The van der Waals surface area contributed by atoms with Crippen molar-refractivity contribution in [3.63, 3.8) is 0 Å². The average molecular weight is 466 g/mol. The van der Waals surface area contributed by atoms with Crippen molar-refractivity contribution in [1.82, 2.24) is 5.32 Å². The molecule has 0 fully saturated rings. The van der Waals surface area contributed by atoms with E-state index in [1.807, 2.05) is 31.2 Å². The smallest absolute Gasteiger partial charge is 0.137 e. The third kappa shape index (κ3) is 4.23. The van der Waals surface area contributed by atoms with Crippen molar-refractivity contribution in [3.05, 3.63) is 67.2 Å². The molecule has 1 nitrogen and oxygen atoms in total. The first-order valence-corrected chi connectivity index (χ1v) is 8.53. The number of hydrogen-bond acceptors (Lipinski definition) is 1. The van der Waals surface area contributed by atoms with Gasteiger partial charge in [-0.15, -0.1) is 0 Å². The molecule has 0 spiro atoms. The molecular formula is C16H15BrF2IN. The maximum atomic E-state index is 14.3. The molecule has 2 aromatic rings. The van der Waals surface area contributed by atoms with Gasteiger partial charge < -0.3 is 5.32 Å². The van der Waals surface area contributed by atoms with Gasteiger partial charge in [0.15, 0.2) is 0 Å². The summed E-state index contributed by atoms with van der Waals surface area (Å²) in [5, 5.41) is 3.29. The SMILES string of the molecule is CCCNC(c1cccc(I)c1)c1cc(F)c(Br)cc1F. The molecule has 0 radical (unpaired) electrons. The molecule has 0 saturated heterocycles. The van der Waals surface area contributed by atoms with E-state index in [0.29, 0.717) is 5.56 Å². The van der Waals surface area contributed by atoms with Crippen molar-refractivity contribution in [2.75, 3.05) is 6.54 Å². The predicted octanol–water partition coefficient (Wildman–Crippen LogP) is 5.42. The Balaban J connectivity index is 2.47. The lowest BCUT2D eigenvalue weighted by Crippen LogP contribution is -2.24. The first-order valence-electron chi connectivity index (χ1n) is 6.66. The number of benzene rings is 2.